The molecule has 0 spiro atoms. The largest absolute Gasteiger partial charge is 0.372 e. The number of hydrogen-bond donors (Lipinski definition) is 2. The van der Waals surface area contributed by atoms with Crippen molar-refractivity contribution in [2.24, 2.45) is 0 Å². The second-order valence-corrected chi connectivity index (χ2v) is 4.12. The average molecular weight is 261 g/mol. The average Bonchev–Trinajstić information content (AvgIpc) is 2.85. The molecule has 0 aliphatic rings. The van der Waals surface area contributed by atoms with E-state index in [4.69, 9.17) is 5.73 Å². The Morgan fingerprint density at radius 1 is 1.21 bits per heavy atom. The molecule has 0 saturated heterocycles. The lowest BCUT2D eigenvalue weighted by Crippen LogP contribution is -2.22. The van der Waals surface area contributed by atoms with Crippen LogP contribution in [0.1, 0.15) is 19.4 Å². The van der Waals surface area contributed by atoms with Gasteiger partial charge in [-0.05, 0) is 42.0 Å². The van der Waals surface area contributed by atoms with Gasteiger partial charge >= 0.3 is 0 Å². The van der Waals surface area contributed by atoms with Gasteiger partial charge in [-0.25, -0.2) is 0 Å². The lowest BCUT2D eigenvalue weighted by atomic mass is 10.2. The first-order valence-corrected chi connectivity index (χ1v) is 6.36. The maximum atomic E-state index is 5.56. The molecule has 0 aliphatic carbocycles. The normalized spacial score (nSPS) is 10.4. The maximum absolute atomic E-state index is 5.56. The highest BCUT2D eigenvalue weighted by Crippen LogP contribution is 2.14. The topological polar surface area (TPSA) is 84.9 Å². The van der Waals surface area contributed by atoms with E-state index in [9.17, 15) is 0 Å². The zero-order valence-electron chi connectivity index (χ0n) is 11.2. The number of rotatable bonds is 6. The molecule has 1 aromatic heterocycles. The summed E-state index contributed by atoms with van der Waals surface area (Å²) in [5, 5.41) is 10.8. The van der Waals surface area contributed by atoms with Crippen molar-refractivity contribution < 1.29 is 0 Å². The van der Waals surface area contributed by atoms with E-state index < -0.39 is 0 Å². The summed E-state index contributed by atoms with van der Waals surface area (Å²) in [5.74, 6) is 0.250. The van der Waals surface area contributed by atoms with Crippen LogP contribution in [0.3, 0.4) is 0 Å². The van der Waals surface area contributed by atoms with Gasteiger partial charge in [0.15, 0.2) is 0 Å². The lowest BCUT2D eigenvalue weighted by Gasteiger charge is -2.21. The van der Waals surface area contributed by atoms with E-state index in [1.807, 2.05) is 0 Å². The van der Waals surface area contributed by atoms with Crippen LogP contribution in [0.2, 0.25) is 0 Å². The molecule has 0 fully saturated rings. The first-order chi connectivity index (χ1) is 9.24. The Kier molecular flexibility index (Phi) is 4.17. The van der Waals surface area contributed by atoms with Gasteiger partial charge < -0.3 is 16.1 Å². The fourth-order valence-corrected chi connectivity index (χ4v) is 1.89. The molecule has 0 radical (unpaired) electrons. The zero-order valence-corrected chi connectivity index (χ0v) is 11.2. The van der Waals surface area contributed by atoms with E-state index in [-0.39, 0.29) is 5.95 Å². The number of tetrazole rings is 1. The van der Waals surface area contributed by atoms with Gasteiger partial charge in [-0.2, -0.15) is 0 Å². The summed E-state index contributed by atoms with van der Waals surface area (Å²) in [6, 6.07) is 8.41. The third-order valence-corrected chi connectivity index (χ3v) is 2.99. The summed E-state index contributed by atoms with van der Waals surface area (Å²) in [7, 11) is 0. The SMILES string of the molecule is CCN(CC)c1ccc(CNn2nnnc2N)cc1. The highest BCUT2D eigenvalue weighted by atomic mass is 15.7. The van der Waals surface area contributed by atoms with Crippen molar-refractivity contribution >= 4 is 11.6 Å². The number of nitrogens with two attached hydrogens (primary N) is 1. The maximum Gasteiger partial charge on any atom is 0.260 e. The third-order valence-electron chi connectivity index (χ3n) is 2.99. The molecule has 0 bridgehead atoms. The van der Waals surface area contributed by atoms with E-state index in [0.29, 0.717) is 6.54 Å². The van der Waals surface area contributed by atoms with Gasteiger partial charge in [0, 0.05) is 18.8 Å². The smallest absolute Gasteiger partial charge is 0.260 e. The van der Waals surface area contributed by atoms with Crippen molar-refractivity contribution in [3.05, 3.63) is 29.8 Å². The van der Waals surface area contributed by atoms with E-state index in [1.165, 1.54) is 10.5 Å². The van der Waals surface area contributed by atoms with Crippen LogP contribution < -0.4 is 16.1 Å². The molecule has 102 valence electrons. The number of nitrogens with zero attached hydrogens (tertiary/aromatic N) is 5. The van der Waals surface area contributed by atoms with Crippen molar-refractivity contribution in [3.8, 4) is 0 Å². The minimum Gasteiger partial charge on any atom is -0.372 e. The Morgan fingerprint density at radius 2 is 1.89 bits per heavy atom. The van der Waals surface area contributed by atoms with E-state index in [1.54, 1.807) is 0 Å². The Hall–Kier alpha value is -2.31. The Balaban J connectivity index is 1.97. The number of anilines is 2. The second kappa shape index (κ2) is 6.03. The molecular formula is C12H19N7. The summed E-state index contributed by atoms with van der Waals surface area (Å²) < 4.78 is 0. The minimum atomic E-state index is 0.250. The molecule has 0 atom stereocenters. The van der Waals surface area contributed by atoms with Gasteiger partial charge in [0.2, 0.25) is 0 Å². The molecule has 0 unspecified atom stereocenters. The van der Waals surface area contributed by atoms with Crippen LogP contribution in [0.25, 0.3) is 0 Å². The van der Waals surface area contributed by atoms with Crippen LogP contribution in [0.15, 0.2) is 24.3 Å². The van der Waals surface area contributed by atoms with Crippen molar-refractivity contribution in [1.82, 2.24) is 20.3 Å². The minimum absolute atomic E-state index is 0.250. The predicted octanol–water partition coefficient (Wildman–Crippen LogP) is 0.845. The molecule has 19 heavy (non-hydrogen) atoms. The molecular weight excluding hydrogens is 242 g/mol. The van der Waals surface area contributed by atoms with Gasteiger partial charge in [-0.1, -0.05) is 17.2 Å². The van der Waals surface area contributed by atoms with Crippen molar-refractivity contribution in [2.75, 3.05) is 29.1 Å². The van der Waals surface area contributed by atoms with Gasteiger partial charge in [0.25, 0.3) is 5.95 Å². The number of hydrogen-bond acceptors (Lipinski definition) is 6. The van der Waals surface area contributed by atoms with Crippen molar-refractivity contribution in [3.63, 3.8) is 0 Å². The molecule has 0 aliphatic heterocycles. The van der Waals surface area contributed by atoms with Crippen molar-refractivity contribution in [1.29, 1.82) is 0 Å². The van der Waals surface area contributed by atoms with Crippen LogP contribution >= 0.6 is 0 Å². The first-order valence-electron chi connectivity index (χ1n) is 6.36. The van der Waals surface area contributed by atoms with Gasteiger partial charge in [0.05, 0.1) is 6.54 Å². The lowest BCUT2D eigenvalue weighted by molar-refractivity contribution is 0.693. The molecule has 3 N–H and O–H groups in total. The van der Waals surface area contributed by atoms with Crippen LogP contribution in [0, 0.1) is 0 Å². The molecule has 1 aromatic carbocycles. The summed E-state index contributed by atoms with van der Waals surface area (Å²) in [6.07, 6.45) is 0. The quantitative estimate of drug-likeness (QED) is 0.801. The van der Waals surface area contributed by atoms with E-state index >= 15 is 0 Å². The number of nitrogen functional groups attached to an aromatic ring is 1. The van der Waals surface area contributed by atoms with Crippen molar-refractivity contribution in [2.45, 2.75) is 20.4 Å². The Morgan fingerprint density at radius 3 is 2.42 bits per heavy atom. The first kappa shape index (κ1) is 13.1. The van der Waals surface area contributed by atoms with Gasteiger partial charge in [-0.15, -0.1) is 4.79 Å². The molecule has 0 saturated carbocycles. The summed E-state index contributed by atoms with van der Waals surface area (Å²) >= 11 is 0. The molecule has 7 heteroatoms. The summed E-state index contributed by atoms with van der Waals surface area (Å²) in [6.45, 7) is 6.94. The van der Waals surface area contributed by atoms with Crippen LogP contribution in [-0.4, -0.2) is 33.4 Å². The number of aromatic nitrogens is 4. The number of benzene rings is 1. The number of nitrogens with one attached hydrogen (secondary N) is 1. The zero-order chi connectivity index (χ0) is 13.7. The molecule has 2 aromatic rings. The second-order valence-electron chi connectivity index (χ2n) is 4.12. The van der Waals surface area contributed by atoms with Crippen LogP contribution in [0.4, 0.5) is 11.6 Å². The standard InChI is InChI=1S/C12H19N7/c1-3-18(4-2)11-7-5-10(6-8-11)9-14-19-12(13)15-16-17-19/h5-8,14H,3-4,9H2,1-2H3,(H2,13,15,17). The molecule has 7 nitrogen and oxygen atoms in total. The summed E-state index contributed by atoms with van der Waals surface area (Å²) in [5.41, 5.74) is 11.0. The highest BCUT2D eigenvalue weighted by Gasteiger charge is 2.02. The third kappa shape index (κ3) is 3.12. The van der Waals surface area contributed by atoms with E-state index in [2.05, 4.69) is 64.0 Å². The van der Waals surface area contributed by atoms with Crippen LogP contribution in [0.5, 0.6) is 0 Å². The fraction of sp³-hybridized carbons (Fsp3) is 0.417. The highest BCUT2D eigenvalue weighted by molar-refractivity contribution is 5.47. The monoisotopic (exact) mass is 261 g/mol. The molecule has 2 rings (SSSR count). The Bertz CT molecular complexity index is 501. The molecule has 0 amide bonds. The van der Waals surface area contributed by atoms with E-state index in [0.717, 1.165) is 18.7 Å². The fourth-order valence-electron chi connectivity index (χ4n) is 1.89. The Labute approximate surface area is 112 Å². The van der Waals surface area contributed by atoms with Gasteiger partial charge in [-0.3, -0.25) is 0 Å². The molecule has 1 heterocycles. The van der Waals surface area contributed by atoms with Crippen LogP contribution in [-0.2, 0) is 6.54 Å². The van der Waals surface area contributed by atoms with Gasteiger partial charge in [0.1, 0.15) is 0 Å². The summed E-state index contributed by atoms with van der Waals surface area (Å²) in [4.78, 5) is 3.66. The predicted molar refractivity (Wildman–Crippen MR) is 75.3 cm³/mol.